The van der Waals surface area contributed by atoms with Crippen molar-refractivity contribution in [1.82, 2.24) is 4.57 Å². The molecule has 3 aromatic rings. The number of ether oxygens (including phenoxy) is 2. The number of nitrogens with zero attached hydrogens (tertiary/aromatic N) is 2. The van der Waals surface area contributed by atoms with Gasteiger partial charge in [-0.15, -0.1) is 0 Å². The Balaban J connectivity index is 1.53. The topological polar surface area (TPSA) is 43.7 Å². The third-order valence-corrected chi connectivity index (χ3v) is 5.92. The average Bonchev–Trinajstić information content (AvgIpc) is 3.33. The summed E-state index contributed by atoms with van der Waals surface area (Å²) in [5, 5.41) is 1.10. The number of thioether (sulfide) groups is 1. The summed E-state index contributed by atoms with van der Waals surface area (Å²) in [6.07, 6.45) is 3.94. The van der Waals surface area contributed by atoms with Crippen LogP contribution in [0, 0.1) is 0 Å². The lowest BCUT2D eigenvalue weighted by molar-refractivity contribution is -0.113. The van der Waals surface area contributed by atoms with E-state index in [9.17, 15) is 4.79 Å². The SMILES string of the molecule is Cn1cc(C=C2SC(=S)N(c3ccc4c(c3)OCO4)C2=O)c2ccccc21. The van der Waals surface area contributed by atoms with Crippen LogP contribution in [0.3, 0.4) is 0 Å². The molecular formula is C20H14N2O3S2. The minimum Gasteiger partial charge on any atom is -0.454 e. The predicted octanol–water partition coefficient (Wildman–Crippen LogP) is 4.31. The van der Waals surface area contributed by atoms with E-state index in [1.165, 1.54) is 11.8 Å². The zero-order valence-corrected chi connectivity index (χ0v) is 16.0. The third kappa shape index (κ3) is 2.62. The molecule has 1 aromatic heterocycles. The molecule has 1 fully saturated rings. The van der Waals surface area contributed by atoms with Crippen LogP contribution in [-0.2, 0) is 11.8 Å². The van der Waals surface area contributed by atoms with Gasteiger partial charge in [-0.05, 0) is 24.3 Å². The number of para-hydroxylation sites is 1. The van der Waals surface area contributed by atoms with Gasteiger partial charge in [0.05, 0.1) is 10.6 Å². The van der Waals surface area contributed by atoms with Gasteiger partial charge in [-0.2, -0.15) is 0 Å². The van der Waals surface area contributed by atoms with Crippen molar-refractivity contribution in [3.63, 3.8) is 0 Å². The minimum atomic E-state index is -0.128. The fourth-order valence-corrected chi connectivity index (χ4v) is 4.63. The molecular weight excluding hydrogens is 380 g/mol. The van der Waals surface area contributed by atoms with Gasteiger partial charge in [-0.25, -0.2) is 0 Å². The Morgan fingerprint density at radius 1 is 1.15 bits per heavy atom. The monoisotopic (exact) mass is 394 g/mol. The molecule has 0 bridgehead atoms. The van der Waals surface area contributed by atoms with E-state index in [4.69, 9.17) is 21.7 Å². The third-order valence-electron chi connectivity index (χ3n) is 4.62. The number of benzene rings is 2. The maximum absolute atomic E-state index is 13.0. The van der Waals surface area contributed by atoms with Crippen molar-refractivity contribution in [1.29, 1.82) is 0 Å². The van der Waals surface area contributed by atoms with Gasteiger partial charge in [0.1, 0.15) is 0 Å². The van der Waals surface area contributed by atoms with Gasteiger partial charge < -0.3 is 14.0 Å². The summed E-state index contributed by atoms with van der Waals surface area (Å²) < 4.78 is 13.3. The van der Waals surface area contributed by atoms with Crippen LogP contribution >= 0.6 is 24.0 Å². The number of aromatic nitrogens is 1. The van der Waals surface area contributed by atoms with Crippen LogP contribution in [0.4, 0.5) is 5.69 Å². The molecule has 2 aliphatic rings. The largest absolute Gasteiger partial charge is 0.454 e. The number of hydrogen-bond acceptors (Lipinski definition) is 5. The van der Waals surface area contributed by atoms with Crippen molar-refractivity contribution >= 4 is 56.9 Å². The van der Waals surface area contributed by atoms with Crippen LogP contribution < -0.4 is 14.4 Å². The van der Waals surface area contributed by atoms with Gasteiger partial charge >= 0.3 is 0 Å². The van der Waals surface area contributed by atoms with Crippen LogP contribution in [0.15, 0.2) is 53.6 Å². The maximum atomic E-state index is 13.0. The summed E-state index contributed by atoms with van der Waals surface area (Å²) in [7, 11) is 2.00. The molecule has 5 rings (SSSR count). The van der Waals surface area contributed by atoms with E-state index in [0.717, 1.165) is 16.5 Å². The molecule has 2 aromatic carbocycles. The second kappa shape index (κ2) is 6.14. The van der Waals surface area contributed by atoms with E-state index >= 15 is 0 Å². The normalized spacial score (nSPS) is 17.5. The molecule has 0 radical (unpaired) electrons. The lowest BCUT2D eigenvalue weighted by Gasteiger charge is -2.14. The summed E-state index contributed by atoms with van der Waals surface area (Å²) in [5.41, 5.74) is 2.80. The van der Waals surface area contributed by atoms with E-state index in [1.807, 2.05) is 37.5 Å². The molecule has 0 aliphatic carbocycles. The van der Waals surface area contributed by atoms with Crippen molar-refractivity contribution in [3.8, 4) is 11.5 Å². The van der Waals surface area contributed by atoms with Gasteiger partial charge in [-0.1, -0.05) is 42.2 Å². The lowest BCUT2D eigenvalue weighted by atomic mass is 10.1. The van der Waals surface area contributed by atoms with Gasteiger partial charge in [0.25, 0.3) is 5.91 Å². The van der Waals surface area contributed by atoms with E-state index < -0.39 is 0 Å². The molecule has 1 saturated heterocycles. The van der Waals surface area contributed by atoms with Gasteiger partial charge in [0, 0.05) is 35.8 Å². The Labute approximate surface area is 165 Å². The van der Waals surface area contributed by atoms with Crippen molar-refractivity contribution in [2.75, 3.05) is 11.7 Å². The minimum absolute atomic E-state index is 0.128. The number of carbonyl (C=O) groups is 1. The number of aryl methyl sites for hydroxylation is 1. The van der Waals surface area contributed by atoms with Crippen molar-refractivity contribution in [2.24, 2.45) is 7.05 Å². The summed E-state index contributed by atoms with van der Waals surface area (Å²) >= 11 is 6.78. The molecule has 0 saturated carbocycles. The van der Waals surface area contributed by atoms with Gasteiger partial charge in [0.15, 0.2) is 15.8 Å². The first kappa shape index (κ1) is 16.4. The molecule has 0 atom stereocenters. The smallest absolute Gasteiger partial charge is 0.270 e. The predicted molar refractivity (Wildman–Crippen MR) is 111 cm³/mol. The number of hydrogen-bond donors (Lipinski definition) is 0. The number of amides is 1. The Morgan fingerprint density at radius 2 is 1.96 bits per heavy atom. The molecule has 5 nitrogen and oxygen atoms in total. The van der Waals surface area contributed by atoms with Crippen molar-refractivity contribution in [2.45, 2.75) is 0 Å². The van der Waals surface area contributed by atoms with Crippen molar-refractivity contribution < 1.29 is 14.3 Å². The first-order chi connectivity index (χ1) is 13.1. The van der Waals surface area contributed by atoms with Crippen molar-refractivity contribution in [3.05, 3.63) is 59.1 Å². The molecule has 0 unspecified atom stereocenters. The summed E-state index contributed by atoms with van der Waals surface area (Å²) in [6.45, 7) is 0.193. The summed E-state index contributed by atoms with van der Waals surface area (Å²) in [5.74, 6) is 1.17. The van der Waals surface area contributed by atoms with Crippen LogP contribution in [0.5, 0.6) is 11.5 Å². The van der Waals surface area contributed by atoms with Gasteiger partial charge in [-0.3, -0.25) is 9.69 Å². The number of thiocarbonyl (C=S) groups is 1. The highest BCUT2D eigenvalue weighted by Gasteiger charge is 2.34. The number of anilines is 1. The number of carbonyl (C=O) groups excluding carboxylic acids is 1. The number of rotatable bonds is 2. The zero-order valence-electron chi connectivity index (χ0n) is 14.3. The van der Waals surface area contributed by atoms with E-state index in [1.54, 1.807) is 17.0 Å². The lowest BCUT2D eigenvalue weighted by Crippen LogP contribution is -2.27. The molecule has 0 spiro atoms. The molecule has 134 valence electrons. The highest BCUT2D eigenvalue weighted by Crippen LogP contribution is 2.41. The second-order valence-electron chi connectivity index (χ2n) is 6.27. The molecule has 1 amide bonds. The molecule has 27 heavy (non-hydrogen) atoms. The average molecular weight is 394 g/mol. The van der Waals surface area contributed by atoms with Crippen LogP contribution in [0.1, 0.15) is 5.56 Å². The van der Waals surface area contributed by atoms with Gasteiger partial charge in [0.2, 0.25) is 6.79 Å². The van der Waals surface area contributed by atoms with Crippen LogP contribution in [0.2, 0.25) is 0 Å². The molecule has 0 N–H and O–H groups in total. The van der Waals surface area contributed by atoms with E-state index in [-0.39, 0.29) is 12.7 Å². The molecule has 7 heteroatoms. The zero-order chi connectivity index (χ0) is 18.5. The van der Waals surface area contributed by atoms with Crippen LogP contribution in [-0.4, -0.2) is 21.6 Å². The Hall–Kier alpha value is -2.77. The Bertz CT molecular complexity index is 1150. The first-order valence-electron chi connectivity index (χ1n) is 8.33. The fourth-order valence-electron chi connectivity index (χ4n) is 3.34. The molecule has 3 heterocycles. The number of fused-ring (bicyclic) bond motifs is 2. The van der Waals surface area contributed by atoms with Crippen LogP contribution in [0.25, 0.3) is 17.0 Å². The summed E-state index contributed by atoms with van der Waals surface area (Å²) in [6, 6.07) is 13.5. The first-order valence-corrected chi connectivity index (χ1v) is 9.56. The Morgan fingerprint density at radius 3 is 2.85 bits per heavy atom. The van der Waals surface area contributed by atoms with E-state index in [0.29, 0.717) is 26.4 Å². The maximum Gasteiger partial charge on any atom is 0.270 e. The van der Waals surface area contributed by atoms with E-state index in [2.05, 4.69) is 16.7 Å². The summed E-state index contributed by atoms with van der Waals surface area (Å²) in [4.78, 5) is 15.2. The molecule has 2 aliphatic heterocycles. The highest BCUT2D eigenvalue weighted by molar-refractivity contribution is 8.27. The highest BCUT2D eigenvalue weighted by atomic mass is 32.2. The standard InChI is InChI=1S/C20H14N2O3S2/c1-21-10-12(14-4-2-3-5-15(14)21)8-18-19(23)22(20(26)27-18)13-6-7-16-17(9-13)25-11-24-16/h2-10H,11H2,1H3. The second-order valence-corrected chi connectivity index (χ2v) is 7.94. The quantitative estimate of drug-likeness (QED) is 0.479. The fraction of sp³-hybridized carbons (Fsp3) is 0.100. The Kier molecular flexibility index (Phi) is 3.73.